The smallest absolute Gasteiger partial charge is 0.323 e. The van der Waals surface area contributed by atoms with E-state index in [1.54, 1.807) is 12.4 Å². The third kappa shape index (κ3) is 2.33. The van der Waals surface area contributed by atoms with Gasteiger partial charge < -0.3 is 10.5 Å². The van der Waals surface area contributed by atoms with Gasteiger partial charge in [0.15, 0.2) is 0 Å². The van der Waals surface area contributed by atoms with E-state index in [1.165, 1.54) is 7.11 Å². The maximum Gasteiger partial charge on any atom is 0.323 e. The molecule has 2 N–H and O–H groups in total. The number of carbonyl (C=O) groups excluding carboxylic acids is 1. The molecule has 0 amide bonds. The van der Waals surface area contributed by atoms with E-state index in [1.807, 2.05) is 26.0 Å². The van der Waals surface area contributed by atoms with Gasteiger partial charge in [0.05, 0.1) is 7.11 Å². The summed E-state index contributed by atoms with van der Waals surface area (Å²) < 4.78 is 4.64. The standard InChI is InChI=1S/C11H16N2O2/c1-11(2,9(12)10(14)15-3)8-5-4-6-13-7-8/h4-7,9H,12H2,1-3H3. The zero-order valence-corrected chi connectivity index (χ0v) is 9.23. The van der Waals surface area contributed by atoms with Gasteiger partial charge in [-0.15, -0.1) is 0 Å². The molecule has 0 saturated heterocycles. The van der Waals surface area contributed by atoms with Crippen LogP contribution in [0.15, 0.2) is 24.5 Å². The monoisotopic (exact) mass is 208 g/mol. The van der Waals surface area contributed by atoms with Gasteiger partial charge in [0.1, 0.15) is 6.04 Å². The zero-order chi connectivity index (χ0) is 11.5. The number of carbonyl (C=O) groups is 1. The number of ether oxygens (including phenoxy) is 1. The predicted molar refractivity (Wildman–Crippen MR) is 57.3 cm³/mol. The van der Waals surface area contributed by atoms with Crippen LogP contribution in [0.25, 0.3) is 0 Å². The minimum Gasteiger partial charge on any atom is -0.468 e. The highest BCUT2D eigenvalue weighted by Crippen LogP contribution is 2.25. The lowest BCUT2D eigenvalue weighted by molar-refractivity contribution is -0.143. The van der Waals surface area contributed by atoms with Crippen LogP contribution < -0.4 is 5.73 Å². The molecule has 1 heterocycles. The first kappa shape index (κ1) is 11.7. The molecule has 0 aliphatic heterocycles. The third-order valence-electron chi connectivity index (χ3n) is 2.64. The van der Waals surface area contributed by atoms with Crippen molar-refractivity contribution in [1.29, 1.82) is 0 Å². The van der Waals surface area contributed by atoms with Gasteiger partial charge in [0, 0.05) is 17.8 Å². The van der Waals surface area contributed by atoms with Crippen LogP contribution in [-0.2, 0) is 14.9 Å². The van der Waals surface area contributed by atoms with Crippen LogP contribution in [-0.4, -0.2) is 24.1 Å². The number of nitrogens with two attached hydrogens (primary N) is 1. The molecule has 4 heteroatoms. The summed E-state index contributed by atoms with van der Waals surface area (Å²) in [5, 5.41) is 0. The Balaban J connectivity index is 2.97. The van der Waals surface area contributed by atoms with Gasteiger partial charge in [0.25, 0.3) is 0 Å². The molecule has 0 spiro atoms. The quantitative estimate of drug-likeness (QED) is 0.748. The molecular weight excluding hydrogens is 192 g/mol. The SMILES string of the molecule is COC(=O)C(N)C(C)(C)c1cccnc1. The fourth-order valence-electron chi connectivity index (χ4n) is 1.35. The topological polar surface area (TPSA) is 65.2 Å². The Morgan fingerprint density at radius 1 is 1.60 bits per heavy atom. The van der Waals surface area contributed by atoms with Crippen molar-refractivity contribution in [2.24, 2.45) is 5.73 Å². The van der Waals surface area contributed by atoms with Gasteiger partial charge in [-0.1, -0.05) is 19.9 Å². The van der Waals surface area contributed by atoms with Crippen molar-refractivity contribution in [3.8, 4) is 0 Å². The van der Waals surface area contributed by atoms with Crippen LogP contribution in [0.4, 0.5) is 0 Å². The van der Waals surface area contributed by atoms with Gasteiger partial charge in [-0.2, -0.15) is 0 Å². The minimum absolute atomic E-state index is 0.413. The second kappa shape index (κ2) is 4.40. The summed E-state index contributed by atoms with van der Waals surface area (Å²) in [5.41, 5.74) is 6.27. The molecule has 4 nitrogen and oxygen atoms in total. The highest BCUT2D eigenvalue weighted by molar-refractivity contribution is 5.77. The normalized spacial score (nSPS) is 13.3. The first-order chi connectivity index (χ1) is 7.00. The van der Waals surface area contributed by atoms with E-state index in [9.17, 15) is 4.79 Å². The summed E-state index contributed by atoms with van der Waals surface area (Å²) in [5.74, 6) is -0.413. The number of pyridine rings is 1. The lowest BCUT2D eigenvalue weighted by atomic mass is 9.79. The van der Waals surface area contributed by atoms with Crippen LogP contribution >= 0.6 is 0 Å². The van der Waals surface area contributed by atoms with Crippen molar-refractivity contribution < 1.29 is 9.53 Å². The Morgan fingerprint density at radius 3 is 2.73 bits per heavy atom. The molecular formula is C11H16N2O2. The van der Waals surface area contributed by atoms with Crippen molar-refractivity contribution in [2.75, 3.05) is 7.11 Å². The lowest BCUT2D eigenvalue weighted by Gasteiger charge is -2.29. The molecule has 15 heavy (non-hydrogen) atoms. The van der Waals surface area contributed by atoms with Crippen molar-refractivity contribution in [1.82, 2.24) is 4.98 Å². The summed E-state index contributed by atoms with van der Waals surface area (Å²) in [7, 11) is 1.33. The van der Waals surface area contributed by atoms with Crippen LogP contribution in [0.1, 0.15) is 19.4 Å². The first-order valence-corrected chi connectivity index (χ1v) is 4.74. The summed E-state index contributed by atoms with van der Waals surface area (Å²) >= 11 is 0. The number of nitrogens with zero attached hydrogens (tertiary/aromatic N) is 1. The number of esters is 1. The highest BCUT2D eigenvalue weighted by atomic mass is 16.5. The fraction of sp³-hybridized carbons (Fsp3) is 0.455. The third-order valence-corrected chi connectivity index (χ3v) is 2.64. The van der Waals surface area contributed by atoms with E-state index in [2.05, 4.69) is 9.72 Å². The molecule has 0 fully saturated rings. The zero-order valence-electron chi connectivity index (χ0n) is 9.23. The molecule has 1 aromatic heterocycles. The number of methoxy groups -OCH3 is 1. The van der Waals surface area contributed by atoms with Gasteiger partial charge in [0.2, 0.25) is 0 Å². The van der Waals surface area contributed by atoms with Crippen molar-refractivity contribution in [3.05, 3.63) is 30.1 Å². The maximum atomic E-state index is 11.4. The number of aromatic nitrogens is 1. The second-order valence-electron chi connectivity index (χ2n) is 3.96. The Labute approximate surface area is 89.5 Å². The Bertz CT molecular complexity index is 336. The Hall–Kier alpha value is -1.42. The molecule has 1 aromatic rings. The van der Waals surface area contributed by atoms with Gasteiger partial charge >= 0.3 is 5.97 Å². The summed E-state index contributed by atoms with van der Waals surface area (Å²) in [4.78, 5) is 15.4. The molecule has 0 aromatic carbocycles. The molecule has 1 rings (SSSR count). The fourth-order valence-corrected chi connectivity index (χ4v) is 1.35. The average Bonchev–Trinajstić information content (AvgIpc) is 2.28. The molecule has 82 valence electrons. The van der Waals surface area contributed by atoms with E-state index >= 15 is 0 Å². The van der Waals surface area contributed by atoms with E-state index in [0.29, 0.717) is 0 Å². The van der Waals surface area contributed by atoms with Gasteiger partial charge in [-0.3, -0.25) is 9.78 Å². The maximum absolute atomic E-state index is 11.4. The number of hydrogen-bond donors (Lipinski definition) is 1. The molecule has 0 radical (unpaired) electrons. The summed E-state index contributed by atoms with van der Waals surface area (Å²) in [6, 6.07) is 3.03. The van der Waals surface area contributed by atoms with Crippen LogP contribution in [0.3, 0.4) is 0 Å². The highest BCUT2D eigenvalue weighted by Gasteiger charge is 2.34. The van der Waals surface area contributed by atoms with Crippen molar-refractivity contribution >= 4 is 5.97 Å². The number of rotatable bonds is 3. The summed E-state index contributed by atoms with van der Waals surface area (Å²) in [6.45, 7) is 3.79. The Kier molecular flexibility index (Phi) is 3.42. The van der Waals surface area contributed by atoms with Crippen molar-refractivity contribution in [2.45, 2.75) is 25.3 Å². The number of hydrogen-bond acceptors (Lipinski definition) is 4. The molecule has 1 atom stereocenters. The minimum atomic E-state index is -0.688. The lowest BCUT2D eigenvalue weighted by Crippen LogP contribution is -2.47. The van der Waals surface area contributed by atoms with Gasteiger partial charge in [-0.05, 0) is 11.6 Å². The largest absolute Gasteiger partial charge is 0.468 e. The molecule has 1 unspecified atom stereocenters. The molecule has 0 bridgehead atoms. The molecule has 0 saturated carbocycles. The summed E-state index contributed by atoms with van der Waals surface area (Å²) in [6.07, 6.45) is 3.39. The van der Waals surface area contributed by atoms with E-state index in [4.69, 9.17) is 5.73 Å². The van der Waals surface area contributed by atoms with E-state index < -0.39 is 17.4 Å². The first-order valence-electron chi connectivity index (χ1n) is 4.74. The van der Waals surface area contributed by atoms with Crippen LogP contribution in [0.2, 0.25) is 0 Å². The van der Waals surface area contributed by atoms with Crippen LogP contribution in [0.5, 0.6) is 0 Å². The van der Waals surface area contributed by atoms with E-state index in [0.717, 1.165) is 5.56 Å². The average molecular weight is 208 g/mol. The molecule has 0 aliphatic carbocycles. The predicted octanol–water partition coefficient (Wildman–Crippen LogP) is 0.859. The van der Waals surface area contributed by atoms with Crippen LogP contribution in [0, 0.1) is 0 Å². The van der Waals surface area contributed by atoms with Crippen molar-refractivity contribution in [3.63, 3.8) is 0 Å². The molecule has 0 aliphatic rings. The van der Waals surface area contributed by atoms with Gasteiger partial charge in [-0.25, -0.2) is 0 Å². The Morgan fingerprint density at radius 2 is 2.27 bits per heavy atom. The second-order valence-corrected chi connectivity index (χ2v) is 3.96. The van der Waals surface area contributed by atoms with E-state index in [-0.39, 0.29) is 0 Å².